The second-order valence-electron chi connectivity index (χ2n) is 5.92. The molecule has 1 aliphatic heterocycles. The molecule has 0 atom stereocenters. The molecule has 0 unspecified atom stereocenters. The Hall–Kier alpha value is -2.72. The second kappa shape index (κ2) is 7.26. The van der Waals surface area contributed by atoms with E-state index in [2.05, 4.69) is 4.72 Å². The maximum absolute atomic E-state index is 12.4. The zero-order valence-electron chi connectivity index (χ0n) is 13.7. The average Bonchev–Trinajstić information content (AvgIpc) is 3.16. The summed E-state index contributed by atoms with van der Waals surface area (Å²) in [6, 6.07) is 7.63. The standard InChI is InChI=1S/C16H17N3O6S/c20-16(15-2-1-11-25-15)18-9-7-12(8-10-18)17-26(23,24)14-5-3-13(4-6-14)19(21)22/h1-6,11-12,17H,7-10H2. The van der Waals surface area contributed by atoms with Gasteiger partial charge in [0.25, 0.3) is 11.6 Å². The molecule has 138 valence electrons. The molecule has 10 heteroatoms. The Bertz CT molecular complexity index is 885. The fourth-order valence-electron chi connectivity index (χ4n) is 2.79. The molecule has 1 aromatic carbocycles. The zero-order chi connectivity index (χ0) is 18.7. The van der Waals surface area contributed by atoms with Crippen molar-refractivity contribution in [2.45, 2.75) is 23.8 Å². The van der Waals surface area contributed by atoms with Crippen molar-refractivity contribution in [1.29, 1.82) is 0 Å². The summed E-state index contributed by atoms with van der Waals surface area (Å²) >= 11 is 0. The lowest BCUT2D eigenvalue weighted by molar-refractivity contribution is -0.384. The molecule has 1 N–H and O–H groups in total. The summed E-state index contributed by atoms with van der Waals surface area (Å²) in [4.78, 5) is 23.9. The first kappa shape index (κ1) is 18.1. The second-order valence-corrected chi connectivity index (χ2v) is 7.63. The van der Waals surface area contributed by atoms with Crippen molar-refractivity contribution in [2.24, 2.45) is 0 Å². The number of rotatable bonds is 5. The molecule has 1 amide bonds. The molecule has 0 bridgehead atoms. The van der Waals surface area contributed by atoms with Crippen molar-refractivity contribution < 1.29 is 22.6 Å². The van der Waals surface area contributed by atoms with Gasteiger partial charge in [0.05, 0.1) is 16.1 Å². The molecular weight excluding hydrogens is 362 g/mol. The number of piperidine rings is 1. The highest BCUT2D eigenvalue weighted by atomic mass is 32.2. The number of furan rings is 1. The maximum atomic E-state index is 12.4. The van der Waals surface area contributed by atoms with Crippen LogP contribution in [0.1, 0.15) is 23.4 Å². The van der Waals surface area contributed by atoms with Crippen LogP contribution in [0.15, 0.2) is 52.0 Å². The summed E-state index contributed by atoms with van der Waals surface area (Å²) in [5, 5.41) is 10.7. The quantitative estimate of drug-likeness (QED) is 0.624. The third-order valence-corrected chi connectivity index (χ3v) is 5.73. The van der Waals surface area contributed by atoms with Crippen LogP contribution in [0.2, 0.25) is 0 Å². The van der Waals surface area contributed by atoms with E-state index in [0.29, 0.717) is 25.9 Å². The molecule has 2 heterocycles. The summed E-state index contributed by atoms with van der Waals surface area (Å²) in [7, 11) is -3.78. The average molecular weight is 379 g/mol. The van der Waals surface area contributed by atoms with Crippen molar-refractivity contribution in [3.8, 4) is 0 Å². The van der Waals surface area contributed by atoms with Crippen molar-refractivity contribution in [1.82, 2.24) is 9.62 Å². The van der Waals surface area contributed by atoms with E-state index in [-0.39, 0.29) is 28.3 Å². The summed E-state index contributed by atoms with van der Waals surface area (Å²) < 4.78 is 32.5. The number of carbonyl (C=O) groups is 1. The van der Waals surface area contributed by atoms with Gasteiger partial charge in [-0.25, -0.2) is 13.1 Å². The molecule has 1 fully saturated rings. The van der Waals surface area contributed by atoms with Crippen molar-refractivity contribution >= 4 is 21.6 Å². The van der Waals surface area contributed by atoms with Crippen LogP contribution >= 0.6 is 0 Å². The number of nitrogens with zero attached hydrogens (tertiary/aromatic N) is 2. The van der Waals surface area contributed by atoms with Crippen LogP contribution in [0.3, 0.4) is 0 Å². The Labute approximate surface area is 149 Å². The number of carbonyl (C=O) groups excluding carboxylic acids is 1. The van der Waals surface area contributed by atoms with Gasteiger partial charge in [-0.2, -0.15) is 0 Å². The van der Waals surface area contributed by atoms with E-state index in [1.54, 1.807) is 17.0 Å². The van der Waals surface area contributed by atoms with Crippen molar-refractivity contribution in [3.05, 3.63) is 58.5 Å². The molecule has 26 heavy (non-hydrogen) atoms. The molecule has 3 rings (SSSR count). The van der Waals surface area contributed by atoms with Crippen LogP contribution in [0.5, 0.6) is 0 Å². The summed E-state index contributed by atoms with van der Waals surface area (Å²) in [6.45, 7) is 0.819. The van der Waals surface area contributed by atoms with Gasteiger partial charge in [0, 0.05) is 31.3 Å². The van der Waals surface area contributed by atoms with Gasteiger partial charge in [-0.15, -0.1) is 0 Å². The number of non-ortho nitro benzene ring substituents is 1. The van der Waals surface area contributed by atoms with Gasteiger partial charge in [-0.3, -0.25) is 14.9 Å². The smallest absolute Gasteiger partial charge is 0.289 e. The molecule has 0 saturated carbocycles. The summed E-state index contributed by atoms with van der Waals surface area (Å²) in [5.74, 6) is 0.0431. The van der Waals surface area contributed by atoms with Gasteiger partial charge in [0.1, 0.15) is 0 Å². The van der Waals surface area contributed by atoms with Crippen LogP contribution < -0.4 is 4.72 Å². The van der Waals surface area contributed by atoms with E-state index < -0.39 is 14.9 Å². The topological polar surface area (TPSA) is 123 Å². The number of sulfonamides is 1. The van der Waals surface area contributed by atoms with E-state index >= 15 is 0 Å². The van der Waals surface area contributed by atoms with E-state index in [9.17, 15) is 23.3 Å². The summed E-state index contributed by atoms with van der Waals surface area (Å²) in [5.41, 5.74) is -0.173. The van der Waals surface area contributed by atoms with Gasteiger partial charge < -0.3 is 9.32 Å². The Morgan fingerprint density at radius 1 is 1.19 bits per heavy atom. The molecule has 9 nitrogen and oxygen atoms in total. The normalized spacial score (nSPS) is 15.8. The molecular formula is C16H17N3O6S. The Morgan fingerprint density at radius 2 is 1.85 bits per heavy atom. The van der Waals surface area contributed by atoms with E-state index in [1.165, 1.54) is 18.4 Å². The number of amides is 1. The van der Waals surface area contributed by atoms with E-state index in [0.717, 1.165) is 12.1 Å². The number of hydrogen-bond acceptors (Lipinski definition) is 6. The van der Waals surface area contributed by atoms with Crippen LogP contribution in [-0.2, 0) is 10.0 Å². The van der Waals surface area contributed by atoms with Gasteiger partial charge in [-0.05, 0) is 37.1 Å². The lowest BCUT2D eigenvalue weighted by Crippen LogP contribution is -2.46. The molecule has 2 aromatic rings. The monoisotopic (exact) mass is 379 g/mol. The van der Waals surface area contributed by atoms with Crippen LogP contribution in [0.25, 0.3) is 0 Å². The van der Waals surface area contributed by atoms with Crippen LogP contribution in [0, 0.1) is 10.1 Å². The number of nitrogens with one attached hydrogen (secondary N) is 1. The SMILES string of the molecule is O=C(c1ccco1)N1CCC(NS(=O)(=O)c2ccc([N+](=O)[O-])cc2)CC1. The lowest BCUT2D eigenvalue weighted by atomic mass is 10.1. The fraction of sp³-hybridized carbons (Fsp3) is 0.312. The van der Waals surface area contributed by atoms with Gasteiger partial charge in [0.15, 0.2) is 5.76 Å². The highest BCUT2D eigenvalue weighted by Crippen LogP contribution is 2.19. The Morgan fingerprint density at radius 3 is 2.38 bits per heavy atom. The van der Waals surface area contributed by atoms with Crippen molar-refractivity contribution in [2.75, 3.05) is 13.1 Å². The number of likely N-dealkylation sites (tertiary alicyclic amines) is 1. The minimum atomic E-state index is -3.78. The maximum Gasteiger partial charge on any atom is 0.289 e. The number of hydrogen-bond donors (Lipinski definition) is 1. The first-order valence-electron chi connectivity index (χ1n) is 7.96. The predicted molar refractivity (Wildman–Crippen MR) is 91.1 cm³/mol. The minimum absolute atomic E-state index is 0.0304. The molecule has 1 aromatic heterocycles. The Kier molecular flexibility index (Phi) is 5.05. The van der Waals surface area contributed by atoms with E-state index in [4.69, 9.17) is 4.42 Å². The molecule has 1 aliphatic rings. The van der Waals surface area contributed by atoms with Crippen LogP contribution in [-0.4, -0.2) is 43.3 Å². The van der Waals surface area contributed by atoms with Gasteiger partial charge in [0.2, 0.25) is 10.0 Å². The largest absolute Gasteiger partial charge is 0.459 e. The minimum Gasteiger partial charge on any atom is -0.459 e. The number of benzene rings is 1. The zero-order valence-corrected chi connectivity index (χ0v) is 14.5. The molecule has 1 saturated heterocycles. The first-order chi connectivity index (χ1) is 12.4. The third kappa shape index (κ3) is 3.92. The lowest BCUT2D eigenvalue weighted by Gasteiger charge is -2.31. The highest BCUT2D eigenvalue weighted by molar-refractivity contribution is 7.89. The van der Waals surface area contributed by atoms with Crippen LogP contribution in [0.4, 0.5) is 5.69 Å². The van der Waals surface area contributed by atoms with Gasteiger partial charge >= 0.3 is 0 Å². The molecule has 0 spiro atoms. The number of nitro groups is 1. The highest BCUT2D eigenvalue weighted by Gasteiger charge is 2.28. The van der Waals surface area contributed by atoms with E-state index in [1.807, 2.05) is 0 Å². The predicted octanol–water partition coefficient (Wildman–Crippen LogP) is 1.77. The van der Waals surface area contributed by atoms with Gasteiger partial charge in [-0.1, -0.05) is 0 Å². The first-order valence-corrected chi connectivity index (χ1v) is 9.45. The third-order valence-electron chi connectivity index (χ3n) is 4.19. The Balaban J connectivity index is 1.59. The molecule has 0 aliphatic carbocycles. The molecule has 0 radical (unpaired) electrons. The number of nitro benzene ring substituents is 1. The fourth-order valence-corrected chi connectivity index (χ4v) is 4.10. The summed E-state index contributed by atoms with van der Waals surface area (Å²) in [6.07, 6.45) is 2.37. The van der Waals surface area contributed by atoms with Crippen molar-refractivity contribution in [3.63, 3.8) is 0 Å².